The van der Waals surface area contributed by atoms with Crippen molar-refractivity contribution >= 4 is 29.0 Å². The van der Waals surface area contributed by atoms with Gasteiger partial charge in [0.1, 0.15) is 0 Å². The van der Waals surface area contributed by atoms with E-state index in [-0.39, 0.29) is 11.3 Å². The summed E-state index contributed by atoms with van der Waals surface area (Å²) >= 11 is 3.71. The number of hydrogen-bond donors (Lipinski definition) is 1. The monoisotopic (exact) mass is 323 g/mol. The molecule has 4 heteroatoms. The standard InChI is InChI=1S/C17H25NOS2/c19-16(12-21-14-6-1-2-7-14)18-13-17(9-3-4-10-17)15-8-5-11-20-15/h5,8,11,14H,1-4,6-7,9-10,12-13H2,(H,18,19). The Morgan fingerprint density at radius 3 is 2.71 bits per heavy atom. The SMILES string of the molecule is O=C(CSC1CCCC1)NCC1(c2cccs2)CCCC1. The zero-order chi connectivity index (χ0) is 14.5. The number of carbonyl (C=O) groups is 1. The molecule has 2 aliphatic carbocycles. The van der Waals surface area contributed by atoms with Gasteiger partial charge in [0.15, 0.2) is 0 Å². The lowest BCUT2D eigenvalue weighted by molar-refractivity contribution is -0.118. The average Bonchev–Trinajstić information content (AvgIpc) is 3.25. The summed E-state index contributed by atoms with van der Waals surface area (Å²) in [6.45, 7) is 0.831. The van der Waals surface area contributed by atoms with Crippen molar-refractivity contribution in [2.45, 2.75) is 62.0 Å². The van der Waals surface area contributed by atoms with Gasteiger partial charge >= 0.3 is 0 Å². The second kappa shape index (κ2) is 7.19. The Kier molecular flexibility index (Phi) is 5.28. The Balaban J connectivity index is 1.49. The molecule has 0 saturated heterocycles. The number of rotatable bonds is 6. The Bertz CT molecular complexity index is 445. The Labute approximate surface area is 136 Å². The molecule has 2 aliphatic rings. The van der Waals surface area contributed by atoms with Crippen molar-refractivity contribution in [3.8, 4) is 0 Å². The summed E-state index contributed by atoms with van der Waals surface area (Å²) < 4.78 is 0. The number of carbonyl (C=O) groups excluding carboxylic acids is 1. The van der Waals surface area contributed by atoms with Gasteiger partial charge in [-0.25, -0.2) is 0 Å². The maximum Gasteiger partial charge on any atom is 0.230 e. The first-order valence-corrected chi connectivity index (χ1v) is 10.1. The summed E-state index contributed by atoms with van der Waals surface area (Å²) in [7, 11) is 0. The average molecular weight is 324 g/mol. The normalized spacial score (nSPS) is 21.7. The third-order valence-corrected chi connectivity index (χ3v) is 7.47. The molecule has 21 heavy (non-hydrogen) atoms. The van der Waals surface area contributed by atoms with Crippen molar-refractivity contribution in [3.05, 3.63) is 22.4 Å². The van der Waals surface area contributed by atoms with Crippen LogP contribution in [0, 0.1) is 0 Å². The highest BCUT2D eigenvalue weighted by Crippen LogP contribution is 2.42. The minimum absolute atomic E-state index is 0.224. The van der Waals surface area contributed by atoms with Crippen molar-refractivity contribution in [1.82, 2.24) is 5.32 Å². The summed E-state index contributed by atoms with van der Waals surface area (Å²) in [5.74, 6) is 0.875. The quantitative estimate of drug-likeness (QED) is 0.843. The number of nitrogens with one attached hydrogen (secondary N) is 1. The maximum absolute atomic E-state index is 12.1. The molecular formula is C17H25NOS2. The smallest absolute Gasteiger partial charge is 0.230 e. The van der Waals surface area contributed by atoms with Gasteiger partial charge in [-0.3, -0.25) is 4.79 Å². The van der Waals surface area contributed by atoms with Crippen LogP contribution < -0.4 is 5.32 Å². The van der Waals surface area contributed by atoms with Gasteiger partial charge in [-0.05, 0) is 37.1 Å². The lowest BCUT2D eigenvalue weighted by Crippen LogP contribution is -2.39. The summed E-state index contributed by atoms with van der Waals surface area (Å²) in [5.41, 5.74) is 0.224. The minimum atomic E-state index is 0.224. The van der Waals surface area contributed by atoms with Gasteiger partial charge < -0.3 is 5.32 Å². The van der Waals surface area contributed by atoms with Crippen LogP contribution in [0.5, 0.6) is 0 Å². The number of thioether (sulfide) groups is 1. The number of hydrogen-bond acceptors (Lipinski definition) is 3. The van der Waals surface area contributed by atoms with E-state index >= 15 is 0 Å². The third kappa shape index (κ3) is 3.84. The largest absolute Gasteiger partial charge is 0.354 e. The molecule has 0 bridgehead atoms. The molecule has 2 saturated carbocycles. The highest BCUT2D eigenvalue weighted by molar-refractivity contribution is 8.00. The molecule has 1 aromatic heterocycles. The van der Waals surface area contributed by atoms with Gasteiger partial charge in [-0.15, -0.1) is 23.1 Å². The van der Waals surface area contributed by atoms with Crippen LogP contribution in [0.1, 0.15) is 56.2 Å². The Hall–Kier alpha value is -0.480. The van der Waals surface area contributed by atoms with E-state index in [9.17, 15) is 4.79 Å². The first-order valence-electron chi connectivity index (χ1n) is 8.21. The second-order valence-electron chi connectivity index (χ2n) is 6.46. The molecule has 1 N–H and O–H groups in total. The molecule has 0 aliphatic heterocycles. The lowest BCUT2D eigenvalue weighted by Gasteiger charge is -2.28. The van der Waals surface area contributed by atoms with Crippen LogP contribution in [0.4, 0.5) is 0 Å². The highest BCUT2D eigenvalue weighted by Gasteiger charge is 2.36. The zero-order valence-electron chi connectivity index (χ0n) is 12.6. The topological polar surface area (TPSA) is 29.1 Å². The molecule has 0 atom stereocenters. The fourth-order valence-corrected chi connectivity index (χ4v) is 5.85. The van der Waals surface area contributed by atoms with Gasteiger partial charge in [0.05, 0.1) is 5.75 Å². The van der Waals surface area contributed by atoms with Crippen molar-refractivity contribution in [2.24, 2.45) is 0 Å². The van der Waals surface area contributed by atoms with Crippen LogP contribution in [0.2, 0.25) is 0 Å². The van der Waals surface area contributed by atoms with Crippen LogP contribution in [0.3, 0.4) is 0 Å². The molecular weight excluding hydrogens is 298 g/mol. The van der Waals surface area contributed by atoms with Crippen LogP contribution in [-0.2, 0) is 10.2 Å². The Morgan fingerprint density at radius 1 is 1.29 bits per heavy atom. The third-order valence-electron chi connectivity index (χ3n) is 4.98. The molecule has 2 nitrogen and oxygen atoms in total. The molecule has 116 valence electrons. The van der Waals surface area contributed by atoms with E-state index in [1.807, 2.05) is 23.1 Å². The predicted molar refractivity (Wildman–Crippen MR) is 92.2 cm³/mol. The first kappa shape index (κ1) is 15.4. The van der Waals surface area contributed by atoms with Crippen LogP contribution >= 0.6 is 23.1 Å². The van der Waals surface area contributed by atoms with Crippen LogP contribution in [-0.4, -0.2) is 23.5 Å². The minimum Gasteiger partial charge on any atom is -0.354 e. The van der Waals surface area contributed by atoms with E-state index in [0.717, 1.165) is 11.8 Å². The summed E-state index contributed by atoms with van der Waals surface area (Å²) in [6.07, 6.45) is 10.3. The van der Waals surface area contributed by atoms with Crippen molar-refractivity contribution in [2.75, 3.05) is 12.3 Å². The van der Waals surface area contributed by atoms with E-state index < -0.39 is 0 Å². The van der Waals surface area contributed by atoms with E-state index in [4.69, 9.17) is 0 Å². The van der Waals surface area contributed by atoms with E-state index in [1.54, 1.807) is 0 Å². The molecule has 0 spiro atoms. The summed E-state index contributed by atoms with van der Waals surface area (Å²) in [5, 5.41) is 6.11. The van der Waals surface area contributed by atoms with Gasteiger partial charge in [-0.1, -0.05) is 31.7 Å². The maximum atomic E-state index is 12.1. The Morgan fingerprint density at radius 2 is 2.05 bits per heavy atom. The zero-order valence-corrected chi connectivity index (χ0v) is 14.2. The highest BCUT2D eigenvalue weighted by atomic mass is 32.2. The molecule has 1 amide bonds. The molecule has 1 aromatic rings. The van der Waals surface area contributed by atoms with Crippen LogP contribution in [0.25, 0.3) is 0 Å². The van der Waals surface area contributed by atoms with Crippen molar-refractivity contribution in [3.63, 3.8) is 0 Å². The number of amides is 1. The first-order chi connectivity index (χ1) is 10.3. The molecule has 2 fully saturated rings. The summed E-state index contributed by atoms with van der Waals surface area (Å²) in [4.78, 5) is 13.6. The second-order valence-corrected chi connectivity index (χ2v) is 8.70. The van der Waals surface area contributed by atoms with Crippen molar-refractivity contribution in [1.29, 1.82) is 0 Å². The molecule has 0 aromatic carbocycles. The predicted octanol–water partition coefficient (Wildman–Crippen LogP) is 4.35. The van der Waals surface area contributed by atoms with Gasteiger partial charge in [0, 0.05) is 22.1 Å². The van der Waals surface area contributed by atoms with Crippen molar-refractivity contribution < 1.29 is 4.79 Å². The van der Waals surface area contributed by atoms with Crippen LogP contribution in [0.15, 0.2) is 17.5 Å². The van der Waals surface area contributed by atoms with Gasteiger partial charge in [-0.2, -0.15) is 0 Å². The van der Waals surface area contributed by atoms with Gasteiger partial charge in [0.2, 0.25) is 5.91 Å². The fourth-order valence-electron chi connectivity index (χ4n) is 3.71. The molecule has 3 rings (SSSR count). The van der Waals surface area contributed by atoms with E-state index in [2.05, 4.69) is 22.8 Å². The molecule has 1 heterocycles. The van der Waals surface area contributed by atoms with E-state index in [1.165, 1.54) is 56.2 Å². The van der Waals surface area contributed by atoms with E-state index in [0.29, 0.717) is 5.75 Å². The molecule has 0 unspecified atom stereocenters. The summed E-state index contributed by atoms with van der Waals surface area (Å²) in [6, 6.07) is 4.38. The lowest BCUT2D eigenvalue weighted by atomic mass is 9.84. The number of thiophene rings is 1. The molecule has 0 radical (unpaired) electrons. The van der Waals surface area contributed by atoms with Gasteiger partial charge in [0.25, 0.3) is 0 Å². The fraction of sp³-hybridized carbons (Fsp3) is 0.706.